The molecule has 0 radical (unpaired) electrons. The number of hydrazine groups is 1. The number of fused-ring (bicyclic) bond motifs is 1. The lowest BCUT2D eigenvalue weighted by molar-refractivity contribution is 0.171. The monoisotopic (exact) mass is 352 g/mol. The number of hydrogen-bond acceptors (Lipinski definition) is 4. The molecule has 2 aromatic rings. The van der Waals surface area contributed by atoms with Crippen LogP contribution in [0, 0.1) is 5.82 Å². The van der Waals surface area contributed by atoms with Crippen LogP contribution in [0.2, 0.25) is 0 Å². The van der Waals surface area contributed by atoms with Gasteiger partial charge >= 0.3 is 0 Å². The number of nitrogens with two attached hydrogens (primary N) is 1. The first-order valence-electron chi connectivity index (χ1n) is 6.49. The molecule has 1 atom stereocenters. The van der Waals surface area contributed by atoms with E-state index >= 15 is 0 Å². The van der Waals surface area contributed by atoms with E-state index in [0.29, 0.717) is 29.2 Å². The maximum atomic E-state index is 13.7. The summed E-state index contributed by atoms with van der Waals surface area (Å²) in [6.45, 7) is 1.06. The Hall–Kier alpha value is -1.63. The molecule has 0 aromatic heterocycles. The summed E-state index contributed by atoms with van der Waals surface area (Å²) in [6, 6.07) is 10.2. The summed E-state index contributed by atoms with van der Waals surface area (Å²) in [7, 11) is 0. The van der Waals surface area contributed by atoms with Gasteiger partial charge in [-0.25, -0.2) is 9.82 Å². The Labute approximate surface area is 130 Å². The highest BCUT2D eigenvalue weighted by Gasteiger charge is 2.18. The molecule has 0 saturated carbocycles. The minimum Gasteiger partial charge on any atom is -0.486 e. The third kappa shape index (κ3) is 2.88. The molecular weight excluding hydrogens is 339 g/mol. The zero-order valence-corrected chi connectivity index (χ0v) is 12.7. The molecule has 21 heavy (non-hydrogen) atoms. The van der Waals surface area contributed by atoms with Gasteiger partial charge in [0.05, 0.1) is 10.5 Å². The minimum atomic E-state index is -0.330. The maximum Gasteiger partial charge on any atom is 0.161 e. The number of hydrogen-bond donors (Lipinski definition) is 2. The van der Waals surface area contributed by atoms with E-state index in [4.69, 9.17) is 15.3 Å². The van der Waals surface area contributed by atoms with Crippen molar-refractivity contribution in [1.82, 2.24) is 5.43 Å². The highest BCUT2D eigenvalue weighted by Crippen LogP contribution is 2.34. The number of halogens is 2. The van der Waals surface area contributed by atoms with Crippen molar-refractivity contribution >= 4 is 15.9 Å². The van der Waals surface area contributed by atoms with Crippen molar-refractivity contribution in [2.75, 3.05) is 13.2 Å². The Morgan fingerprint density at radius 3 is 2.43 bits per heavy atom. The molecule has 0 bridgehead atoms. The molecule has 3 N–H and O–H groups in total. The SMILES string of the molecule is NNC(c1ccc(Br)c(F)c1)c1ccc2c(c1)OCCO2. The van der Waals surface area contributed by atoms with Gasteiger partial charge in [-0.05, 0) is 51.3 Å². The summed E-state index contributed by atoms with van der Waals surface area (Å²) in [5.41, 5.74) is 4.32. The predicted octanol–water partition coefficient (Wildman–Crippen LogP) is 2.91. The Kier molecular flexibility index (Phi) is 4.10. The van der Waals surface area contributed by atoms with Crippen LogP contribution in [0.5, 0.6) is 11.5 Å². The Morgan fingerprint density at radius 2 is 1.71 bits per heavy atom. The van der Waals surface area contributed by atoms with Crippen molar-refractivity contribution in [3.8, 4) is 11.5 Å². The third-order valence-corrected chi connectivity index (χ3v) is 3.99. The molecule has 1 aliphatic heterocycles. The predicted molar refractivity (Wildman–Crippen MR) is 80.7 cm³/mol. The van der Waals surface area contributed by atoms with Crippen LogP contribution >= 0.6 is 15.9 Å². The van der Waals surface area contributed by atoms with E-state index < -0.39 is 0 Å². The van der Waals surface area contributed by atoms with Gasteiger partial charge in [0.25, 0.3) is 0 Å². The second-order valence-corrected chi connectivity index (χ2v) is 5.53. The highest BCUT2D eigenvalue weighted by molar-refractivity contribution is 9.10. The topological polar surface area (TPSA) is 56.5 Å². The summed E-state index contributed by atoms with van der Waals surface area (Å²) in [5, 5.41) is 0. The van der Waals surface area contributed by atoms with Gasteiger partial charge in [0.1, 0.15) is 19.0 Å². The van der Waals surface area contributed by atoms with Gasteiger partial charge in [0.2, 0.25) is 0 Å². The lowest BCUT2D eigenvalue weighted by atomic mass is 9.98. The van der Waals surface area contributed by atoms with Gasteiger partial charge in [-0.15, -0.1) is 0 Å². The maximum absolute atomic E-state index is 13.7. The molecule has 4 nitrogen and oxygen atoms in total. The molecule has 110 valence electrons. The second-order valence-electron chi connectivity index (χ2n) is 4.68. The normalized spacial score (nSPS) is 14.8. The molecule has 0 fully saturated rings. The van der Waals surface area contributed by atoms with Gasteiger partial charge in [0.15, 0.2) is 11.5 Å². The standard InChI is InChI=1S/C15H14BrFN2O2/c16-11-3-1-9(7-12(11)17)15(19-18)10-2-4-13-14(8-10)21-6-5-20-13/h1-4,7-8,15,19H,5-6,18H2. The van der Waals surface area contributed by atoms with Crippen molar-refractivity contribution in [3.63, 3.8) is 0 Å². The first-order chi connectivity index (χ1) is 10.2. The summed E-state index contributed by atoms with van der Waals surface area (Å²) in [6.07, 6.45) is 0. The van der Waals surface area contributed by atoms with Crippen molar-refractivity contribution in [2.24, 2.45) is 5.84 Å². The van der Waals surface area contributed by atoms with Crippen LogP contribution in [0.15, 0.2) is 40.9 Å². The fourth-order valence-corrected chi connectivity index (χ4v) is 2.56. The van der Waals surface area contributed by atoms with Crippen LogP contribution in [0.3, 0.4) is 0 Å². The largest absolute Gasteiger partial charge is 0.486 e. The average molecular weight is 353 g/mol. The van der Waals surface area contributed by atoms with Crippen LogP contribution < -0.4 is 20.7 Å². The third-order valence-electron chi connectivity index (χ3n) is 3.34. The Morgan fingerprint density at radius 1 is 1.05 bits per heavy atom. The second kappa shape index (κ2) is 6.01. The van der Waals surface area contributed by atoms with Crippen LogP contribution in [-0.4, -0.2) is 13.2 Å². The van der Waals surface area contributed by atoms with E-state index in [0.717, 1.165) is 11.1 Å². The van der Waals surface area contributed by atoms with Crippen LogP contribution in [0.4, 0.5) is 4.39 Å². The van der Waals surface area contributed by atoms with E-state index in [9.17, 15) is 4.39 Å². The molecular formula is C15H14BrFN2O2. The van der Waals surface area contributed by atoms with Crippen LogP contribution in [-0.2, 0) is 0 Å². The van der Waals surface area contributed by atoms with Crippen LogP contribution in [0.1, 0.15) is 17.2 Å². The first-order valence-corrected chi connectivity index (χ1v) is 7.29. The van der Waals surface area contributed by atoms with Crippen molar-refractivity contribution in [2.45, 2.75) is 6.04 Å². The molecule has 0 spiro atoms. The lowest BCUT2D eigenvalue weighted by Crippen LogP contribution is -2.29. The van der Waals surface area contributed by atoms with Gasteiger partial charge in [-0.3, -0.25) is 5.84 Å². The van der Waals surface area contributed by atoms with Crippen molar-refractivity contribution in [1.29, 1.82) is 0 Å². The quantitative estimate of drug-likeness (QED) is 0.658. The average Bonchev–Trinajstić information content (AvgIpc) is 2.51. The fourth-order valence-electron chi connectivity index (χ4n) is 2.32. The molecule has 3 rings (SSSR count). The molecule has 0 amide bonds. The highest BCUT2D eigenvalue weighted by atomic mass is 79.9. The lowest BCUT2D eigenvalue weighted by Gasteiger charge is -2.22. The Bertz CT molecular complexity index is 666. The summed E-state index contributed by atoms with van der Waals surface area (Å²) < 4.78 is 25.2. The van der Waals surface area contributed by atoms with Gasteiger partial charge in [-0.1, -0.05) is 12.1 Å². The molecule has 1 unspecified atom stereocenters. The number of nitrogens with one attached hydrogen (secondary N) is 1. The molecule has 1 heterocycles. The molecule has 2 aromatic carbocycles. The van der Waals surface area contributed by atoms with Crippen molar-refractivity contribution < 1.29 is 13.9 Å². The van der Waals surface area contributed by atoms with E-state index in [1.165, 1.54) is 6.07 Å². The minimum absolute atomic E-state index is 0.328. The fraction of sp³-hybridized carbons (Fsp3) is 0.200. The number of ether oxygens (including phenoxy) is 2. The van der Waals surface area contributed by atoms with E-state index in [-0.39, 0.29) is 11.9 Å². The smallest absolute Gasteiger partial charge is 0.161 e. The van der Waals surface area contributed by atoms with Gasteiger partial charge in [0, 0.05) is 0 Å². The zero-order valence-electron chi connectivity index (χ0n) is 11.1. The summed E-state index contributed by atoms with van der Waals surface area (Å²) in [5.74, 6) is 6.70. The van der Waals surface area contributed by atoms with E-state index in [1.807, 2.05) is 24.3 Å². The summed E-state index contributed by atoms with van der Waals surface area (Å²) in [4.78, 5) is 0. The molecule has 6 heteroatoms. The number of rotatable bonds is 3. The molecule has 1 aliphatic rings. The molecule has 0 aliphatic carbocycles. The van der Waals surface area contributed by atoms with Gasteiger partial charge < -0.3 is 9.47 Å². The zero-order chi connectivity index (χ0) is 14.8. The number of benzene rings is 2. The van der Waals surface area contributed by atoms with E-state index in [1.54, 1.807) is 6.07 Å². The van der Waals surface area contributed by atoms with Crippen LogP contribution in [0.25, 0.3) is 0 Å². The van der Waals surface area contributed by atoms with Gasteiger partial charge in [-0.2, -0.15) is 0 Å². The molecule has 0 saturated heterocycles. The Balaban J connectivity index is 1.97. The van der Waals surface area contributed by atoms with Crippen molar-refractivity contribution in [3.05, 3.63) is 57.8 Å². The first kappa shape index (κ1) is 14.3. The van der Waals surface area contributed by atoms with E-state index in [2.05, 4.69) is 21.4 Å². The summed E-state index contributed by atoms with van der Waals surface area (Å²) >= 11 is 3.14.